The Hall–Kier alpha value is -2.68. The van der Waals surface area contributed by atoms with Crippen molar-refractivity contribution >= 4 is 0 Å². The molecule has 3 heterocycles. The van der Waals surface area contributed by atoms with E-state index in [1.165, 1.54) is 0 Å². The van der Waals surface area contributed by atoms with Crippen molar-refractivity contribution in [1.82, 2.24) is 40.6 Å². The summed E-state index contributed by atoms with van der Waals surface area (Å²) >= 11 is 0. The Morgan fingerprint density at radius 1 is 1.16 bits per heavy atom. The molecule has 9 heteroatoms. The third kappa shape index (κ3) is 3.87. The molecule has 0 saturated heterocycles. The average Bonchev–Trinajstić information content (AvgIpc) is 3.25. The second kappa shape index (κ2) is 7.47. The number of aromatic nitrogens is 7. The molecule has 0 unspecified atom stereocenters. The van der Waals surface area contributed by atoms with E-state index in [4.69, 9.17) is 4.52 Å². The quantitative estimate of drug-likeness (QED) is 0.696. The minimum atomic E-state index is -0.0969. The smallest absolute Gasteiger partial charge is 0.244 e. The van der Waals surface area contributed by atoms with Gasteiger partial charge in [-0.2, -0.15) is 4.98 Å². The molecule has 1 N–H and O–H groups in total. The molecule has 3 aromatic rings. The van der Waals surface area contributed by atoms with Crippen LogP contribution in [0.3, 0.4) is 0 Å². The summed E-state index contributed by atoms with van der Waals surface area (Å²) in [5.74, 6) is 2.13. The molecule has 0 aliphatic rings. The molecule has 3 rings (SSSR count). The number of hydrogen-bond donors (Lipinski definition) is 1. The Morgan fingerprint density at radius 3 is 2.60 bits per heavy atom. The van der Waals surface area contributed by atoms with E-state index in [2.05, 4.69) is 49.8 Å². The molecule has 0 bridgehead atoms. The van der Waals surface area contributed by atoms with Gasteiger partial charge in [0, 0.05) is 18.0 Å². The fourth-order valence-electron chi connectivity index (χ4n) is 2.52. The zero-order chi connectivity index (χ0) is 17.8. The molecule has 1 atom stereocenters. The maximum Gasteiger partial charge on any atom is 0.244 e. The first kappa shape index (κ1) is 17.2. The average molecular weight is 342 g/mol. The van der Waals surface area contributed by atoms with Gasteiger partial charge in [-0.05, 0) is 42.3 Å². The summed E-state index contributed by atoms with van der Waals surface area (Å²) in [6, 6.07) is 3.80. The van der Waals surface area contributed by atoms with Crippen molar-refractivity contribution in [2.75, 3.05) is 0 Å². The van der Waals surface area contributed by atoms with Gasteiger partial charge in [0.2, 0.25) is 11.7 Å². The van der Waals surface area contributed by atoms with Gasteiger partial charge in [0.1, 0.15) is 0 Å². The third-order valence-corrected chi connectivity index (χ3v) is 3.84. The van der Waals surface area contributed by atoms with Crippen molar-refractivity contribution in [2.24, 2.45) is 5.92 Å². The van der Waals surface area contributed by atoms with Crippen LogP contribution in [0.25, 0.3) is 11.4 Å². The standard InChI is InChI=1S/C16H22N8O/c1-10(2)14(18-9-13-20-22-23-24(13)11(3)4)16-19-15(21-25-16)12-5-7-17-8-6-12/h5-8,10-11,14,18H,9H2,1-4H3/t14-/m0/s1. The second-order valence-electron chi connectivity index (χ2n) is 6.43. The fraction of sp³-hybridized carbons (Fsp3) is 0.500. The zero-order valence-corrected chi connectivity index (χ0v) is 14.8. The molecule has 0 saturated carbocycles. The van der Waals surface area contributed by atoms with Crippen LogP contribution in [0.5, 0.6) is 0 Å². The van der Waals surface area contributed by atoms with Gasteiger partial charge in [-0.3, -0.25) is 10.3 Å². The van der Waals surface area contributed by atoms with Gasteiger partial charge in [0.25, 0.3) is 0 Å². The van der Waals surface area contributed by atoms with E-state index in [9.17, 15) is 0 Å². The first-order chi connectivity index (χ1) is 12.1. The lowest BCUT2D eigenvalue weighted by Gasteiger charge is -2.18. The molecular formula is C16H22N8O. The van der Waals surface area contributed by atoms with Crippen LogP contribution in [0.15, 0.2) is 29.0 Å². The maximum absolute atomic E-state index is 5.49. The van der Waals surface area contributed by atoms with Crippen molar-refractivity contribution in [3.05, 3.63) is 36.2 Å². The predicted molar refractivity (Wildman–Crippen MR) is 90.1 cm³/mol. The Morgan fingerprint density at radius 2 is 1.92 bits per heavy atom. The third-order valence-electron chi connectivity index (χ3n) is 3.84. The summed E-state index contributed by atoms with van der Waals surface area (Å²) in [4.78, 5) is 8.53. The zero-order valence-electron chi connectivity index (χ0n) is 14.8. The lowest BCUT2D eigenvalue weighted by atomic mass is 10.0. The van der Waals surface area contributed by atoms with E-state index < -0.39 is 0 Å². The first-order valence-corrected chi connectivity index (χ1v) is 8.30. The van der Waals surface area contributed by atoms with Crippen LogP contribution in [0.1, 0.15) is 51.5 Å². The van der Waals surface area contributed by atoms with Crippen LogP contribution in [0.2, 0.25) is 0 Å². The topological polar surface area (TPSA) is 107 Å². The van der Waals surface area contributed by atoms with E-state index in [-0.39, 0.29) is 18.0 Å². The molecule has 0 aliphatic carbocycles. The van der Waals surface area contributed by atoms with Crippen LogP contribution in [0, 0.1) is 5.92 Å². The van der Waals surface area contributed by atoms with E-state index in [0.29, 0.717) is 18.3 Å². The monoisotopic (exact) mass is 342 g/mol. The molecule has 0 aromatic carbocycles. The lowest BCUT2D eigenvalue weighted by Crippen LogP contribution is -2.27. The van der Waals surface area contributed by atoms with Crippen LogP contribution in [-0.2, 0) is 6.54 Å². The van der Waals surface area contributed by atoms with Crippen molar-refractivity contribution in [3.63, 3.8) is 0 Å². The van der Waals surface area contributed by atoms with E-state index in [1.54, 1.807) is 17.1 Å². The van der Waals surface area contributed by atoms with Crippen LogP contribution in [-0.4, -0.2) is 35.3 Å². The normalized spacial score (nSPS) is 12.9. The van der Waals surface area contributed by atoms with Gasteiger partial charge in [-0.1, -0.05) is 19.0 Å². The Kier molecular flexibility index (Phi) is 5.13. The molecule has 0 amide bonds. The molecule has 0 aliphatic heterocycles. The molecule has 0 radical (unpaired) electrons. The van der Waals surface area contributed by atoms with Gasteiger partial charge < -0.3 is 4.52 Å². The summed E-state index contributed by atoms with van der Waals surface area (Å²) in [6.45, 7) is 8.79. The molecule has 9 nitrogen and oxygen atoms in total. The molecule has 0 fully saturated rings. The Bertz CT molecular complexity index is 795. The number of nitrogens with one attached hydrogen (secondary N) is 1. The highest BCUT2D eigenvalue weighted by Crippen LogP contribution is 2.23. The van der Waals surface area contributed by atoms with Gasteiger partial charge in [-0.25, -0.2) is 4.68 Å². The van der Waals surface area contributed by atoms with Gasteiger partial charge >= 0.3 is 0 Å². The summed E-state index contributed by atoms with van der Waals surface area (Å²) in [5.41, 5.74) is 0.872. The number of tetrazole rings is 1. The molecule has 132 valence electrons. The largest absolute Gasteiger partial charge is 0.337 e. The maximum atomic E-state index is 5.49. The first-order valence-electron chi connectivity index (χ1n) is 8.30. The van der Waals surface area contributed by atoms with Crippen molar-refractivity contribution in [3.8, 4) is 11.4 Å². The number of hydrogen-bond acceptors (Lipinski definition) is 8. The summed E-state index contributed by atoms with van der Waals surface area (Å²) < 4.78 is 7.28. The summed E-state index contributed by atoms with van der Waals surface area (Å²) in [5, 5.41) is 19.3. The SMILES string of the molecule is CC(C)[C@H](NCc1nnnn1C(C)C)c1nc(-c2ccncc2)no1. The van der Waals surface area contributed by atoms with Gasteiger partial charge in [0.15, 0.2) is 5.82 Å². The predicted octanol–water partition coefficient (Wildman–Crippen LogP) is 2.19. The molecular weight excluding hydrogens is 320 g/mol. The van der Waals surface area contributed by atoms with Gasteiger partial charge in [0.05, 0.1) is 18.6 Å². The molecule has 25 heavy (non-hydrogen) atoms. The van der Waals surface area contributed by atoms with Crippen molar-refractivity contribution < 1.29 is 4.52 Å². The molecule has 3 aromatic heterocycles. The number of nitrogens with zero attached hydrogens (tertiary/aromatic N) is 7. The number of pyridine rings is 1. The van der Waals surface area contributed by atoms with Crippen LogP contribution < -0.4 is 5.32 Å². The van der Waals surface area contributed by atoms with Crippen molar-refractivity contribution in [1.29, 1.82) is 0 Å². The highest BCUT2D eigenvalue weighted by atomic mass is 16.5. The highest BCUT2D eigenvalue weighted by Gasteiger charge is 2.23. The van der Waals surface area contributed by atoms with Crippen LogP contribution in [0.4, 0.5) is 0 Å². The van der Waals surface area contributed by atoms with Crippen molar-refractivity contribution in [2.45, 2.75) is 46.3 Å². The minimum Gasteiger partial charge on any atom is -0.337 e. The van der Waals surface area contributed by atoms with Gasteiger partial charge in [-0.15, -0.1) is 5.10 Å². The minimum absolute atomic E-state index is 0.0969. The van der Waals surface area contributed by atoms with E-state index >= 15 is 0 Å². The summed E-state index contributed by atoms with van der Waals surface area (Å²) in [7, 11) is 0. The fourth-order valence-corrected chi connectivity index (χ4v) is 2.52. The lowest BCUT2D eigenvalue weighted by molar-refractivity contribution is 0.284. The van der Waals surface area contributed by atoms with Crippen LogP contribution >= 0.6 is 0 Å². The summed E-state index contributed by atoms with van der Waals surface area (Å²) in [6.07, 6.45) is 3.41. The van der Waals surface area contributed by atoms with E-state index in [1.807, 2.05) is 26.0 Å². The molecule has 0 spiro atoms. The number of rotatable bonds is 7. The highest BCUT2D eigenvalue weighted by molar-refractivity contribution is 5.52. The van der Waals surface area contributed by atoms with E-state index in [0.717, 1.165) is 11.4 Å². The Labute approximate surface area is 145 Å². The second-order valence-corrected chi connectivity index (χ2v) is 6.43. The Balaban J connectivity index is 1.76.